The molecule has 0 saturated heterocycles. The molecule has 0 aromatic carbocycles. The highest BCUT2D eigenvalue weighted by molar-refractivity contribution is 5.92. The lowest BCUT2D eigenvalue weighted by atomic mass is 9.76. The van der Waals surface area contributed by atoms with Gasteiger partial charge in [0.2, 0.25) is 5.91 Å². The van der Waals surface area contributed by atoms with Crippen molar-refractivity contribution in [2.24, 2.45) is 17.8 Å². The summed E-state index contributed by atoms with van der Waals surface area (Å²) in [5.41, 5.74) is 0.805. The monoisotopic (exact) mass is 205 g/mol. The van der Waals surface area contributed by atoms with Gasteiger partial charge in [0.05, 0.1) is 0 Å². The number of nitrogens with one attached hydrogen (secondary N) is 1. The zero-order valence-electron chi connectivity index (χ0n) is 9.38. The standard InChI is InChI=1S/C13H19NO/c1-8(2)12(15)14-13-5-9-3-10(6-13)11(4-9)7-13/h9-11H,1,3-7H2,2H3,(H,14,15). The number of hydrogen-bond acceptors (Lipinski definition) is 1. The lowest BCUT2D eigenvalue weighted by Gasteiger charge is -2.39. The average molecular weight is 205 g/mol. The molecule has 4 bridgehead atoms. The van der Waals surface area contributed by atoms with Gasteiger partial charge in [-0.1, -0.05) is 6.58 Å². The summed E-state index contributed by atoms with van der Waals surface area (Å²) < 4.78 is 0. The van der Waals surface area contributed by atoms with E-state index < -0.39 is 0 Å². The third-order valence-corrected chi connectivity index (χ3v) is 4.69. The van der Waals surface area contributed by atoms with Crippen molar-refractivity contribution in [1.82, 2.24) is 5.32 Å². The zero-order valence-corrected chi connectivity index (χ0v) is 9.38. The fraction of sp³-hybridized carbons (Fsp3) is 0.769. The van der Waals surface area contributed by atoms with Crippen LogP contribution in [0.2, 0.25) is 0 Å². The maximum atomic E-state index is 11.7. The number of carbonyl (C=O) groups excluding carboxylic acids is 1. The highest BCUT2D eigenvalue weighted by Gasteiger charge is 2.56. The maximum absolute atomic E-state index is 11.7. The Kier molecular flexibility index (Phi) is 1.80. The Labute approximate surface area is 91.1 Å². The third kappa shape index (κ3) is 1.34. The van der Waals surface area contributed by atoms with E-state index in [-0.39, 0.29) is 11.4 Å². The van der Waals surface area contributed by atoms with Crippen LogP contribution in [0.5, 0.6) is 0 Å². The molecule has 1 N–H and O–H groups in total. The molecule has 0 aromatic rings. The molecule has 0 heterocycles. The van der Waals surface area contributed by atoms with E-state index in [4.69, 9.17) is 0 Å². The van der Waals surface area contributed by atoms with E-state index in [9.17, 15) is 4.79 Å². The van der Waals surface area contributed by atoms with Gasteiger partial charge in [0.15, 0.2) is 0 Å². The second kappa shape index (κ2) is 2.87. The first kappa shape index (κ1) is 9.44. The molecule has 0 aromatic heterocycles. The van der Waals surface area contributed by atoms with Gasteiger partial charge in [-0.2, -0.15) is 0 Å². The summed E-state index contributed by atoms with van der Waals surface area (Å²) in [7, 11) is 0. The molecule has 0 radical (unpaired) electrons. The molecule has 1 amide bonds. The van der Waals surface area contributed by atoms with E-state index in [2.05, 4.69) is 11.9 Å². The fourth-order valence-corrected chi connectivity index (χ4v) is 4.31. The van der Waals surface area contributed by atoms with Crippen molar-refractivity contribution < 1.29 is 4.79 Å². The second-order valence-corrected chi connectivity index (χ2v) is 5.98. The van der Waals surface area contributed by atoms with E-state index in [1.54, 1.807) is 6.92 Å². The van der Waals surface area contributed by atoms with Crippen molar-refractivity contribution in [2.75, 3.05) is 0 Å². The molecule has 0 spiro atoms. The van der Waals surface area contributed by atoms with Crippen LogP contribution in [-0.4, -0.2) is 11.4 Å². The highest BCUT2D eigenvalue weighted by Crippen LogP contribution is 2.59. The van der Waals surface area contributed by atoms with Crippen LogP contribution in [0, 0.1) is 17.8 Å². The molecule has 4 aliphatic rings. The van der Waals surface area contributed by atoms with Crippen LogP contribution in [0.15, 0.2) is 12.2 Å². The number of amides is 1. The van der Waals surface area contributed by atoms with Gasteiger partial charge >= 0.3 is 0 Å². The molecule has 2 nitrogen and oxygen atoms in total. The van der Waals surface area contributed by atoms with E-state index >= 15 is 0 Å². The van der Waals surface area contributed by atoms with Gasteiger partial charge < -0.3 is 5.32 Å². The third-order valence-electron chi connectivity index (χ3n) is 4.69. The van der Waals surface area contributed by atoms with Crippen molar-refractivity contribution in [2.45, 2.75) is 44.6 Å². The second-order valence-electron chi connectivity index (χ2n) is 5.98. The van der Waals surface area contributed by atoms with E-state index in [0.29, 0.717) is 5.57 Å². The van der Waals surface area contributed by atoms with Gasteiger partial charge in [0.25, 0.3) is 0 Å². The Morgan fingerprint density at radius 3 is 2.33 bits per heavy atom. The molecular weight excluding hydrogens is 186 g/mol. The molecule has 4 saturated carbocycles. The average Bonchev–Trinajstić information content (AvgIpc) is 2.53. The predicted octanol–water partition coefficient (Wildman–Crippen LogP) is 2.26. The topological polar surface area (TPSA) is 29.1 Å². The first-order valence-corrected chi connectivity index (χ1v) is 6.06. The fourth-order valence-electron chi connectivity index (χ4n) is 4.31. The van der Waals surface area contributed by atoms with Gasteiger partial charge in [-0.25, -0.2) is 0 Å². The minimum atomic E-state index is 0.0666. The number of hydrogen-bond donors (Lipinski definition) is 1. The SMILES string of the molecule is C=C(C)C(=O)NC12CC3CC(C1)C(C3)C2. The summed E-state index contributed by atoms with van der Waals surface area (Å²) in [6, 6.07) is 0. The summed E-state index contributed by atoms with van der Waals surface area (Å²) >= 11 is 0. The largest absolute Gasteiger partial charge is 0.347 e. The minimum absolute atomic E-state index is 0.0666. The van der Waals surface area contributed by atoms with Gasteiger partial charge in [0.1, 0.15) is 0 Å². The minimum Gasteiger partial charge on any atom is -0.347 e. The molecule has 4 fully saturated rings. The Hall–Kier alpha value is -0.790. The van der Waals surface area contributed by atoms with Crippen molar-refractivity contribution in [3.8, 4) is 0 Å². The van der Waals surface area contributed by atoms with Gasteiger partial charge in [-0.15, -0.1) is 0 Å². The van der Waals surface area contributed by atoms with Crippen molar-refractivity contribution in [3.05, 3.63) is 12.2 Å². The predicted molar refractivity (Wildman–Crippen MR) is 59.2 cm³/mol. The molecule has 2 unspecified atom stereocenters. The lowest BCUT2D eigenvalue weighted by Crippen LogP contribution is -2.50. The molecule has 4 rings (SSSR count). The van der Waals surface area contributed by atoms with Gasteiger partial charge in [-0.05, 0) is 56.8 Å². The van der Waals surface area contributed by atoms with Crippen LogP contribution in [0.3, 0.4) is 0 Å². The number of carbonyl (C=O) groups is 1. The normalized spacial score (nSPS) is 45.8. The van der Waals surface area contributed by atoms with Crippen LogP contribution in [-0.2, 0) is 4.79 Å². The summed E-state index contributed by atoms with van der Waals surface area (Å²) in [4.78, 5) is 11.7. The lowest BCUT2D eigenvalue weighted by molar-refractivity contribution is -0.119. The maximum Gasteiger partial charge on any atom is 0.246 e. The van der Waals surface area contributed by atoms with E-state index in [1.807, 2.05) is 0 Å². The van der Waals surface area contributed by atoms with Crippen LogP contribution >= 0.6 is 0 Å². The highest BCUT2D eigenvalue weighted by atomic mass is 16.1. The van der Waals surface area contributed by atoms with E-state index in [0.717, 1.165) is 17.8 Å². The van der Waals surface area contributed by atoms with Crippen LogP contribution in [0.25, 0.3) is 0 Å². The Bertz CT molecular complexity index is 314. The Morgan fingerprint density at radius 1 is 1.27 bits per heavy atom. The summed E-state index contributed by atoms with van der Waals surface area (Å²) in [5, 5.41) is 3.25. The summed E-state index contributed by atoms with van der Waals surface area (Å²) in [6.07, 6.45) is 6.53. The van der Waals surface area contributed by atoms with Crippen molar-refractivity contribution in [3.63, 3.8) is 0 Å². The van der Waals surface area contributed by atoms with Crippen LogP contribution < -0.4 is 5.32 Å². The Balaban J connectivity index is 1.77. The molecule has 15 heavy (non-hydrogen) atoms. The summed E-state index contributed by atoms with van der Waals surface area (Å²) in [6.45, 7) is 5.51. The molecule has 4 aliphatic carbocycles. The molecule has 0 aliphatic heterocycles. The smallest absolute Gasteiger partial charge is 0.246 e. The Morgan fingerprint density at radius 2 is 1.87 bits per heavy atom. The molecule has 2 heteroatoms. The molecular formula is C13H19NO. The zero-order chi connectivity index (χ0) is 10.6. The van der Waals surface area contributed by atoms with Crippen LogP contribution in [0.4, 0.5) is 0 Å². The van der Waals surface area contributed by atoms with E-state index in [1.165, 1.54) is 32.1 Å². The molecule has 2 atom stereocenters. The number of rotatable bonds is 2. The van der Waals surface area contributed by atoms with Gasteiger partial charge in [-0.3, -0.25) is 4.79 Å². The first-order valence-electron chi connectivity index (χ1n) is 6.06. The van der Waals surface area contributed by atoms with Gasteiger partial charge in [0, 0.05) is 11.1 Å². The molecule has 82 valence electrons. The summed E-state index contributed by atoms with van der Waals surface area (Å²) in [5.74, 6) is 2.79. The first-order chi connectivity index (χ1) is 7.08. The van der Waals surface area contributed by atoms with Crippen molar-refractivity contribution in [1.29, 1.82) is 0 Å². The van der Waals surface area contributed by atoms with Crippen LogP contribution in [0.1, 0.15) is 39.0 Å². The quantitative estimate of drug-likeness (QED) is 0.688. The van der Waals surface area contributed by atoms with Crippen molar-refractivity contribution >= 4 is 5.91 Å².